The number of thiophene rings is 1. The molecule has 0 unspecified atom stereocenters. The van der Waals surface area contributed by atoms with Gasteiger partial charge in [-0.1, -0.05) is 6.07 Å². The molecule has 0 aliphatic rings. The average Bonchev–Trinajstić information content (AvgIpc) is 2.65. The number of benzene rings is 1. The molecule has 0 radical (unpaired) electrons. The molecule has 0 amide bonds. The van der Waals surface area contributed by atoms with Gasteiger partial charge >= 0.3 is 0 Å². The van der Waals surface area contributed by atoms with Crippen LogP contribution in [0.2, 0.25) is 0 Å². The van der Waals surface area contributed by atoms with Crippen molar-refractivity contribution in [3.63, 3.8) is 0 Å². The van der Waals surface area contributed by atoms with Gasteiger partial charge in [-0.2, -0.15) is 0 Å². The lowest BCUT2D eigenvalue weighted by molar-refractivity contribution is 1.31. The summed E-state index contributed by atoms with van der Waals surface area (Å²) in [6, 6.07) is 4.37. The van der Waals surface area contributed by atoms with Crippen LogP contribution in [0.1, 0.15) is 11.1 Å². The quantitative estimate of drug-likeness (QED) is 0.545. The Morgan fingerprint density at radius 1 is 1.50 bits per heavy atom. The summed E-state index contributed by atoms with van der Waals surface area (Å²) in [7, 11) is 0. The van der Waals surface area contributed by atoms with Crippen molar-refractivity contribution >= 4 is 44.8 Å². The largest absolute Gasteiger partial charge is 0.143 e. The van der Waals surface area contributed by atoms with Gasteiger partial charge in [0, 0.05) is 15.5 Å². The SMILES string of the molecule is CSc1c(C)cc(CCl)c2ccsc12. The summed E-state index contributed by atoms with van der Waals surface area (Å²) in [6.45, 7) is 2.15. The number of halogens is 1. The van der Waals surface area contributed by atoms with Gasteiger partial charge in [-0.3, -0.25) is 0 Å². The summed E-state index contributed by atoms with van der Waals surface area (Å²) in [5.41, 5.74) is 2.58. The zero-order valence-electron chi connectivity index (χ0n) is 8.13. The highest BCUT2D eigenvalue weighted by molar-refractivity contribution is 7.99. The van der Waals surface area contributed by atoms with Gasteiger partial charge in [-0.15, -0.1) is 34.7 Å². The van der Waals surface area contributed by atoms with E-state index in [2.05, 4.69) is 30.7 Å². The average molecular weight is 243 g/mol. The monoisotopic (exact) mass is 242 g/mol. The third-order valence-electron chi connectivity index (χ3n) is 2.31. The van der Waals surface area contributed by atoms with Crippen molar-refractivity contribution in [2.75, 3.05) is 6.26 Å². The van der Waals surface area contributed by atoms with Crippen LogP contribution in [0, 0.1) is 6.92 Å². The molecule has 3 heteroatoms. The molecule has 0 nitrogen and oxygen atoms in total. The molecule has 0 fully saturated rings. The van der Waals surface area contributed by atoms with Crippen LogP contribution in [-0.2, 0) is 5.88 Å². The smallest absolute Gasteiger partial charge is 0.0484 e. The number of hydrogen-bond donors (Lipinski definition) is 0. The third-order valence-corrected chi connectivity index (χ3v) is 4.60. The molecule has 1 aromatic heterocycles. The second-order valence-corrected chi connectivity index (χ2v) is 5.18. The second kappa shape index (κ2) is 4.13. The van der Waals surface area contributed by atoms with E-state index in [0.717, 1.165) is 0 Å². The third kappa shape index (κ3) is 1.56. The minimum Gasteiger partial charge on any atom is -0.143 e. The summed E-state index contributed by atoms with van der Waals surface area (Å²) in [5, 5.41) is 3.46. The first-order valence-corrected chi connectivity index (χ1v) is 7.01. The molecule has 0 bridgehead atoms. The maximum Gasteiger partial charge on any atom is 0.0484 e. The van der Waals surface area contributed by atoms with E-state index >= 15 is 0 Å². The number of aryl methyl sites for hydroxylation is 1. The van der Waals surface area contributed by atoms with E-state index in [1.807, 2.05) is 11.8 Å². The Balaban J connectivity index is 2.81. The second-order valence-electron chi connectivity index (χ2n) is 3.18. The Kier molecular flexibility index (Phi) is 3.05. The van der Waals surface area contributed by atoms with Crippen LogP contribution in [0.15, 0.2) is 22.4 Å². The van der Waals surface area contributed by atoms with Gasteiger partial charge in [0.2, 0.25) is 0 Å². The molecule has 0 aliphatic heterocycles. The summed E-state index contributed by atoms with van der Waals surface area (Å²) >= 11 is 9.55. The zero-order valence-corrected chi connectivity index (χ0v) is 10.5. The van der Waals surface area contributed by atoms with Gasteiger partial charge in [0.1, 0.15) is 0 Å². The van der Waals surface area contributed by atoms with E-state index in [1.165, 1.54) is 26.1 Å². The molecule has 0 saturated carbocycles. The molecule has 74 valence electrons. The minimum absolute atomic E-state index is 0.600. The van der Waals surface area contributed by atoms with Gasteiger partial charge in [-0.25, -0.2) is 0 Å². The first-order valence-electron chi connectivity index (χ1n) is 4.37. The van der Waals surface area contributed by atoms with E-state index in [1.54, 1.807) is 11.3 Å². The Morgan fingerprint density at radius 2 is 2.29 bits per heavy atom. The van der Waals surface area contributed by atoms with Crippen LogP contribution in [-0.4, -0.2) is 6.26 Å². The topological polar surface area (TPSA) is 0 Å². The zero-order chi connectivity index (χ0) is 10.1. The molecule has 14 heavy (non-hydrogen) atoms. The van der Waals surface area contributed by atoms with Gasteiger partial charge in [-0.05, 0) is 41.1 Å². The van der Waals surface area contributed by atoms with Crippen LogP contribution in [0.3, 0.4) is 0 Å². The molecular formula is C11H11ClS2. The van der Waals surface area contributed by atoms with Crippen LogP contribution in [0.4, 0.5) is 0 Å². The highest BCUT2D eigenvalue weighted by Gasteiger charge is 2.09. The Morgan fingerprint density at radius 3 is 2.93 bits per heavy atom. The summed E-state index contributed by atoms with van der Waals surface area (Å²) in [6.07, 6.45) is 2.13. The van der Waals surface area contributed by atoms with E-state index in [4.69, 9.17) is 11.6 Å². The molecule has 1 heterocycles. The molecule has 2 rings (SSSR count). The summed E-state index contributed by atoms with van der Waals surface area (Å²) < 4.78 is 1.38. The number of fused-ring (bicyclic) bond motifs is 1. The predicted octanol–water partition coefficient (Wildman–Crippen LogP) is 4.67. The maximum atomic E-state index is 5.93. The molecule has 0 atom stereocenters. The minimum atomic E-state index is 0.600. The van der Waals surface area contributed by atoms with Crippen molar-refractivity contribution in [3.8, 4) is 0 Å². The molecule has 0 spiro atoms. The first-order chi connectivity index (χ1) is 6.77. The standard InChI is InChI=1S/C11H11ClS2/c1-7-5-8(6-12)9-3-4-14-11(9)10(7)13-2/h3-5H,6H2,1-2H3. The highest BCUT2D eigenvalue weighted by atomic mass is 35.5. The van der Waals surface area contributed by atoms with Gasteiger partial charge in [0.05, 0.1) is 0 Å². The van der Waals surface area contributed by atoms with E-state index in [9.17, 15) is 0 Å². The van der Waals surface area contributed by atoms with Crippen molar-refractivity contribution in [2.24, 2.45) is 0 Å². The lowest BCUT2D eigenvalue weighted by Gasteiger charge is -2.07. The first kappa shape index (κ1) is 10.3. The van der Waals surface area contributed by atoms with Gasteiger partial charge < -0.3 is 0 Å². The lowest BCUT2D eigenvalue weighted by Crippen LogP contribution is -1.85. The van der Waals surface area contributed by atoms with E-state index in [-0.39, 0.29) is 0 Å². The van der Waals surface area contributed by atoms with E-state index < -0.39 is 0 Å². The van der Waals surface area contributed by atoms with Crippen molar-refractivity contribution in [2.45, 2.75) is 17.7 Å². The highest BCUT2D eigenvalue weighted by Crippen LogP contribution is 2.36. The van der Waals surface area contributed by atoms with Crippen LogP contribution in [0.25, 0.3) is 10.1 Å². The predicted molar refractivity (Wildman–Crippen MR) is 67.9 cm³/mol. The Hall–Kier alpha value is -0.180. The number of rotatable bonds is 2. The van der Waals surface area contributed by atoms with Crippen LogP contribution < -0.4 is 0 Å². The van der Waals surface area contributed by atoms with Crippen LogP contribution in [0.5, 0.6) is 0 Å². The summed E-state index contributed by atoms with van der Waals surface area (Å²) in [5.74, 6) is 0.600. The molecule has 0 saturated heterocycles. The number of thioether (sulfide) groups is 1. The number of hydrogen-bond acceptors (Lipinski definition) is 2. The normalized spacial score (nSPS) is 11.1. The van der Waals surface area contributed by atoms with Crippen molar-refractivity contribution in [1.29, 1.82) is 0 Å². The molecular weight excluding hydrogens is 232 g/mol. The summed E-state index contributed by atoms with van der Waals surface area (Å²) in [4.78, 5) is 1.39. The fourth-order valence-corrected chi connectivity index (χ4v) is 3.91. The van der Waals surface area contributed by atoms with Crippen molar-refractivity contribution in [1.82, 2.24) is 0 Å². The number of alkyl halides is 1. The van der Waals surface area contributed by atoms with Crippen molar-refractivity contribution in [3.05, 3.63) is 28.6 Å². The van der Waals surface area contributed by atoms with Crippen LogP contribution >= 0.6 is 34.7 Å². The maximum absolute atomic E-state index is 5.93. The fourth-order valence-electron chi connectivity index (χ4n) is 1.69. The van der Waals surface area contributed by atoms with Gasteiger partial charge in [0.15, 0.2) is 0 Å². The molecule has 0 aliphatic carbocycles. The Bertz CT molecular complexity index is 460. The molecule has 2 aromatic rings. The lowest BCUT2D eigenvalue weighted by atomic mass is 10.1. The molecule has 0 N–H and O–H groups in total. The van der Waals surface area contributed by atoms with E-state index in [0.29, 0.717) is 5.88 Å². The molecule has 1 aromatic carbocycles. The Labute approximate surface area is 97.3 Å². The van der Waals surface area contributed by atoms with Crippen molar-refractivity contribution < 1.29 is 0 Å². The fraction of sp³-hybridized carbons (Fsp3) is 0.273. The van der Waals surface area contributed by atoms with Gasteiger partial charge in [0.25, 0.3) is 0 Å².